The van der Waals surface area contributed by atoms with Gasteiger partial charge >= 0.3 is 0 Å². The van der Waals surface area contributed by atoms with Crippen molar-refractivity contribution >= 4 is 28.4 Å². The van der Waals surface area contributed by atoms with Gasteiger partial charge in [0, 0.05) is 10.6 Å². The van der Waals surface area contributed by atoms with Crippen molar-refractivity contribution in [2.24, 2.45) is 0 Å². The Kier molecular flexibility index (Phi) is 3.62. The third-order valence-corrected chi connectivity index (χ3v) is 4.30. The van der Waals surface area contributed by atoms with E-state index in [4.69, 9.17) is 5.73 Å². The summed E-state index contributed by atoms with van der Waals surface area (Å²) in [5.41, 5.74) is 8.27. The van der Waals surface area contributed by atoms with Gasteiger partial charge in [0.2, 0.25) is 0 Å². The maximum atomic E-state index is 12.3. The minimum absolute atomic E-state index is 0.140. The summed E-state index contributed by atoms with van der Waals surface area (Å²) in [4.78, 5) is 13.3. The summed E-state index contributed by atoms with van der Waals surface area (Å²) in [6.07, 6.45) is 0. The molecular formula is C15H14N4OS. The highest BCUT2D eigenvalue weighted by Gasteiger charge is 2.07. The highest BCUT2D eigenvalue weighted by Crippen LogP contribution is 2.27. The molecule has 0 bridgehead atoms. The number of para-hydroxylation sites is 1. The van der Waals surface area contributed by atoms with E-state index < -0.39 is 0 Å². The van der Waals surface area contributed by atoms with Gasteiger partial charge in [0.05, 0.1) is 11.3 Å². The van der Waals surface area contributed by atoms with E-state index >= 15 is 0 Å². The second kappa shape index (κ2) is 5.57. The lowest BCUT2D eigenvalue weighted by molar-refractivity contribution is 0.645. The minimum Gasteiger partial charge on any atom is -0.398 e. The molecule has 2 aromatic carbocycles. The van der Waals surface area contributed by atoms with Gasteiger partial charge in [-0.1, -0.05) is 41.2 Å². The van der Waals surface area contributed by atoms with E-state index in [9.17, 15) is 4.79 Å². The number of fused-ring (bicyclic) bond motifs is 1. The number of hydrogen-bond donors (Lipinski definition) is 1. The molecule has 0 saturated heterocycles. The smallest absolute Gasteiger partial charge is 0.278 e. The minimum atomic E-state index is -0.140. The Hall–Kier alpha value is -2.34. The van der Waals surface area contributed by atoms with Crippen molar-refractivity contribution in [2.75, 3.05) is 5.73 Å². The molecule has 0 unspecified atom stereocenters. The number of hydrogen-bond acceptors (Lipinski definition) is 5. The zero-order valence-electron chi connectivity index (χ0n) is 11.5. The van der Waals surface area contributed by atoms with E-state index in [0.717, 1.165) is 16.1 Å². The van der Waals surface area contributed by atoms with Crippen LogP contribution in [0.5, 0.6) is 0 Å². The number of nitrogens with two attached hydrogens (primary N) is 1. The number of rotatable bonds is 3. The maximum Gasteiger partial charge on any atom is 0.278 e. The van der Waals surface area contributed by atoms with Crippen LogP contribution in [0, 0.1) is 6.92 Å². The van der Waals surface area contributed by atoms with Crippen molar-refractivity contribution in [3.8, 4) is 0 Å². The van der Waals surface area contributed by atoms with Crippen molar-refractivity contribution in [3.05, 3.63) is 58.4 Å². The third-order valence-electron chi connectivity index (χ3n) is 3.26. The molecule has 106 valence electrons. The molecule has 6 heteroatoms. The molecule has 1 heterocycles. The number of aromatic nitrogens is 3. The summed E-state index contributed by atoms with van der Waals surface area (Å²) >= 11 is 1.47. The molecule has 0 aliphatic heterocycles. The van der Waals surface area contributed by atoms with Gasteiger partial charge in [-0.25, -0.2) is 4.68 Å². The molecule has 0 fully saturated rings. The van der Waals surface area contributed by atoms with E-state index in [-0.39, 0.29) is 5.56 Å². The van der Waals surface area contributed by atoms with Gasteiger partial charge in [-0.3, -0.25) is 4.79 Å². The summed E-state index contributed by atoms with van der Waals surface area (Å²) in [5, 5.41) is 8.60. The Balaban J connectivity index is 1.90. The topological polar surface area (TPSA) is 73.8 Å². The molecule has 0 amide bonds. The van der Waals surface area contributed by atoms with E-state index in [0.29, 0.717) is 16.8 Å². The van der Waals surface area contributed by atoms with E-state index in [1.165, 1.54) is 16.4 Å². The van der Waals surface area contributed by atoms with Crippen LogP contribution in [0.1, 0.15) is 5.56 Å². The molecule has 0 spiro atoms. The van der Waals surface area contributed by atoms with Gasteiger partial charge in [0.25, 0.3) is 5.56 Å². The fourth-order valence-electron chi connectivity index (χ4n) is 2.02. The van der Waals surface area contributed by atoms with Crippen LogP contribution < -0.4 is 11.3 Å². The van der Waals surface area contributed by atoms with Crippen molar-refractivity contribution < 1.29 is 0 Å². The van der Waals surface area contributed by atoms with Crippen LogP contribution in [0.2, 0.25) is 0 Å². The Morgan fingerprint density at radius 1 is 1.19 bits per heavy atom. The zero-order valence-corrected chi connectivity index (χ0v) is 12.3. The Morgan fingerprint density at radius 3 is 2.86 bits per heavy atom. The summed E-state index contributed by atoms with van der Waals surface area (Å²) in [7, 11) is 0. The molecule has 0 radical (unpaired) electrons. The van der Waals surface area contributed by atoms with Crippen LogP contribution in [0.15, 0.2) is 52.2 Å². The van der Waals surface area contributed by atoms with Gasteiger partial charge in [0.1, 0.15) is 5.52 Å². The summed E-state index contributed by atoms with van der Waals surface area (Å²) in [6.45, 7) is 1.96. The van der Waals surface area contributed by atoms with Crippen molar-refractivity contribution in [1.82, 2.24) is 15.0 Å². The fraction of sp³-hybridized carbons (Fsp3) is 0.133. The van der Waals surface area contributed by atoms with Crippen molar-refractivity contribution in [1.29, 1.82) is 0 Å². The largest absolute Gasteiger partial charge is 0.398 e. The predicted molar refractivity (Wildman–Crippen MR) is 85.2 cm³/mol. The second-order valence-electron chi connectivity index (χ2n) is 4.67. The van der Waals surface area contributed by atoms with E-state index in [1.54, 1.807) is 12.1 Å². The van der Waals surface area contributed by atoms with Crippen LogP contribution in [-0.4, -0.2) is 15.0 Å². The van der Waals surface area contributed by atoms with Gasteiger partial charge in [-0.2, -0.15) is 0 Å². The summed E-state index contributed by atoms with van der Waals surface area (Å²) in [5.74, 6) is 0.379. The number of benzene rings is 2. The van der Waals surface area contributed by atoms with Gasteiger partial charge in [0.15, 0.2) is 0 Å². The van der Waals surface area contributed by atoms with Crippen LogP contribution in [0.3, 0.4) is 0 Å². The van der Waals surface area contributed by atoms with Gasteiger partial charge in [-0.15, -0.1) is 5.10 Å². The van der Waals surface area contributed by atoms with E-state index in [1.807, 2.05) is 37.3 Å². The maximum absolute atomic E-state index is 12.3. The second-order valence-corrected chi connectivity index (χ2v) is 5.66. The standard InChI is InChI=1S/C15H14N4OS/c1-10-5-4-8-13(14(10)16)21-9-19-15(20)11-6-2-3-7-12(11)17-18-19/h2-8H,9,16H2,1H3. The Bertz CT molecular complexity index is 860. The molecule has 21 heavy (non-hydrogen) atoms. The van der Waals surface area contributed by atoms with Crippen LogP contribution >= 0.6 is 11.8 Å². The molecule has 2 N–H and O–H groups in total. The number of nitrogens with zero attached hydrogens (tertiary/aromatic N) is 3. The Labute approximate surface area is 125 Å². The monoisotopic (exact) mass is 298 g/mol. The number of anilines is 1. The average molecular weight is 298 g/mol. The molecule has 0 saturated carbocycles. The van der Waals surface area contributed by atoms with E-state index in [2.05, 4.69) is 10.3 Å². The Morgan fingerprint density at radius 2 is 2.00 bits per heavy atom. The SMILES string of the molecule is Cc1cccc(SCn2nnc3ccccc3c2=O)c1N. The zero-order chi connectivity index (χ0) is 14.8. The molecule has 0 aliphatic rings. The lowest BCUT2D eigenvalue weighted by atomic mass is 10.2. The number of nitrogen functional groups attached to an aromatic ring is 1. The van der Waals surface area contributed by atoms with Crippen LogP contribution in [0.4, 0.5) is 5.69 Å². The molecule has 0 atom stereocenters. The highest BCUT2D eigenvalue weighted by molar-refractivity contribution is 7.98. The first kappa shape index (κ1) is 13.6. The highest BCUT2D eigenvalue weighted by atomic mass is 32.2. The lowest BCUT2D eigenvalue weighted by Gasteiger charge is -2.08. The molecule has 1 aromatic heterocycles. The number of aryl methyl sites for hydroxylation is 1. The van der Waals surface area contributed by atoms with Crippen LogP contribution in [0.25, 0.3) is 10.9 Å². The van der Waals surface area contributed by atoms with Crippen LogP contribution in [-0.2, 0) is 5.88 Å². The lowest BCUT2D eigenvalue weighted by Crippen LogP contribution is -2.23. The predicted octanol–water partition coefficient (Wildman–Crippen LogP) is 2.43. The van der Waals surface area contributed by atoms with Gasteiger partial charge in [-0.05, 0) is 30.7 Å². The molecular weight excluding hydrogens is 284 g/mol. The fourth-order valence-corrected chi connectivity index (χ4v) is 2.94. The van der Waals surface area contributed by atoms with Crippen molar-refractivity contribution in [2.45, 2.75) is 17.7 Å². The van der Waals surface area contributed by atoms with Crippen molar-refractivity contribution in [3.63, 3.8) is 0 Å². The molecule has 3 rings (SSSR count). The summed E-state index contributed by atoms with van der Waals surface area (Å²) < 4.78 is 1.36. The molecule has 3 aromatic rings. The normalized spacial score (nSPS) is 10.9. The number of thioether (sulfide) groups is 1. The summed E-state index contributed by atoms with van der Waals surface area (Å²) in [6, 6.07) is 13.0. The third kappa shape index (κ3) is 2.62. The first-order chi connectivity index (χ1) is 10.2. The quantitative estimate of drug-likeness (QED) is 0.594. The molecule has 0 aliphatic carbocycles. The average Bonchev–Trinajstić information content (AvgIpc) is 2.51. The first-order valence-electron chi connectivity index (χ1n) is 6.47. The van der Waals surface area contributed by atoms with Gasteiger partial charge < -0.3 is 5.73 Å². The molecule has 5 nitrogen and oxygen atoms in total. The first-order valence-corrected chi connectivity index (χ1v) is 7.46.